The zero-order valence-corrected chi connectivity index (χ0v) is 18.6. The molecule has 0 unspecified atom stereocenters. The standard InChI is InChI=1S/C20H12Br2N8/c21-15-7-17(27-9-23)13(5-19(15)29-11-25)3-1-2-4-14-6-20(30-12-26)16(22)8-18(14)28-10-24/h5-8H,1-4H2. The van der Waals surface area contributed by atoms with E-state index in [9.17, 15) is 0 Å². The molecule has 0 aliphatic heterocycles. The fourth-order valence-electron chi connectivity index (χ4n) is 2.82. The third-order valence-corrected chi connectivity index (χ3v) is 5.39. The Hall–Kier alpha value is -3.44. The second kappa shape index (κ2) is 11.5. The van der Waals surface area contributed by atoms with Crippen LogP contribution in [0.1, 0.15) is 25.7 Å². The van der Waals surface area contributed by atoms with Gasteiger partial charge in [0.05, 0.1) is 22.8 Å². The highest BCUT2D eigenvalue weighted by Gasteiger charge is 2.18. The lowest BCUT2D eigenvalue weighted by Gasteiger charge is -2.15. The number of rotatable bonds is 5. The molecule has 0 heterocycles. The zero-order valence-electron chi connectivity index (χ0n) is 15.5. The van der Waals surface area contributed by atoms with Crippen LogP contribution in [0.4, 0.5) is 0 Å². The second-order valence-electron chi connectivity index (χ2n) is 5.92. The van der Waals surface area contributed by atoms with Crippen molar-refractivity contribution in [1.29, 1.82) is 21.0 Å². The van der Waals surface area contributed by atoms with Gasteiger partial charge in [-0.15, -0.1) is 0 Å². The molecule has 8 nitrogen and oxygen atoms in total. The minimum atomic E-state index is 0.482. The summed E-state index contributed by atoms with van der Waals surface area (Å²) < 4.78 is 1.18. The molecule has 0 aromatic carbocycles. The number of halogens is 2. The van der Waals surface area contributed by atoms with Gasteiger partial charge < -0.3 is 0 Å². The Balaban J connectivity index is 2.11. The van der Waals surface area contributed by atoms with Gasteiger partial charge in [-0.1, -0.05) is 0 Å². The molecule has 0 atom stereocenters. The van der Waals surface area contributed by atoms with Gasteiger partial charge in [0.15, 0.2) is 0 Å². The lowest BCUT2D eigenvalue weighted by Crippen LogP contribution is -2.12. The van der Waals surface area contributed by atoms with Crippen molar-refractivity contribution in [3.05, 3.63) is 44.4 Å². The molecular weight excluding hydrogens is 512 g/mol. The van der Waals surface area contributed by atoms with Gasteiger partial charge in [-0.05, 0) is 93.0 Å². The van der Waals surface area contributed by atoms with Gasteiger partial charge in [0.25, 0.3) is 0 Å². The minimum Gasteiger partial charge on any atom is -0.173 e. The summed E-state index contributed by atoms with van der Waals surface area (Å²) in [5.41, 5.74) is 3.64. The Morgan fingerprint density at radius 2 is 0.900 bits per heavy atom. The highest BCUT2D eigenvalue weighted by atomic mass is 79.9. The van der Waals surface area contributed by atoms with Gasteiger partial charge in [0.2, 0.25) is 24.8 Å². The number of nitrogens with zero attached hydrogens (tertiary/aromatic N) is 8. The average molecular weight is 524 g/mol. The van der Waals surface area contributed by atoms with Crippen LogP contribution in [-0.4, -0.2) is 22.8 Å². The molecule has 0 saturated heterocycles. The second-order valence-corrected chi connectivity index (χ2v) is 7.63. The fraction of sp³-hybridized carbons (Fsp3) is 0.200. The molecule has 10 heteroatoms. The van der Waals surface area contributed by atoms with Crippen molar-refractivity contribution in [1.82, 2.24) is 0 Å². The van der Waals surface area contributed by atoms with E-state index in [0.29, 0.717) is 44.7 Å². The number of nitriles is 4. The van der Waals surface area contributed by atoms with Crippen LogP contribution in [0.2, 0.25) is 0 Å². The van der Waals surface area contributed by atoms with E-state index in [1.807, 2.05) is 0 Å². The van der Waals surface area contributed by atoms with Gasteiger partial charge in [0.1, 0.15) is 0 Å². The monoisotopic (exact) mass is 522 g/mol. The molecule has 2 aliphatic carbocycles. The molecule has 146 valence electrons. The topological polar surface area (TPSA) is 145 Å². The molecule has 2 rings (SSSR count). The van der Waals surface area contributed by atoms with E-state index < -0.39 is 0 Å². The summed E-state index contributed by atoms with van der Waals surface area (Å²) in [6, 6.07) is 0. The largest absolute Gasteiger partial charge is 0.206 e. The predicted molar refractivity (Wildman–Crippen MR) is 121 cm³/mol. The van der Waals surface area contributed by atoms with Crippen molar-refractivity contribution < 1.29 is 0 Å². The number of allylic oxidation sites excluding steroid dienone is 8. The van der Waals surface area contributed by atoms with Gasteiger partial charge >= 0.3 is 0 Å². The molecule has 0 radical (unpaired) electrons. The lowest BCUT2D eigenvalue weighted by atomic mass is 9.93. The van der Waals surface area contributed by atoms with Crippen LogP contribution in [-0.2, 0) is 0 Å². The van der Waals surface area contributed by atoms with E-state index in [4.69, 9.17) is 21.0 Å². The number of hydrogen-bond acceptors (Lipinski definition) is 8. The summed E-state index contributed by atoms with van der Waals surface area (Å²) in [4.78, 5) is 15.2. The summed E-state index contributed by atoms with van der Waals surface area (Å²) in [5.74, 6) is 0. The van der Waals surface area contributed by atoms with Crippen LogP contribution in [0.15, 0.2) is 64.4 Å². The molecule has 0 bridgehead atoms. The lowest BCUT2D eigenvalue weighted by molar-refractivity contribution is 0.746. The molecule has 0 aromatic heterocycles. The van der Waals surface area contributed by atoms with Crippen molar-refractivity contribution in [3.63, 3.8) is 0 Å². The maximum atomic E-state index is 8.92. The van der Waals surface area contributed by atoms with E-state index in [-0.39, 0.29) is 0 Å². The van der Waals surface area contributed by atoms with E-state index in [2.05, 4.69) is 51.8 Å². The maximum absolute atomic E-state index is 8.92. The maximum Gasteiger partial charge on any atom is 0.206 e. The van der Waals surface area contributed by atoms with Crippen LogP contribution in [0, 0.1) is 45.8 Å². The normalized spacial score (nSPS) is 21.1. The van der Waals surface area contributed by atoms with E-state index in [0.717, 1.165) is 24.0 Å². The van der Waals surface area contributed by atoms with Crippen molar-refractivity contribution in [2.75, 3.05) is 0 Å². The van der Waals surface area contributed by atoms with Crippen LogP contribution in [0.3, 0.4) is 0 Å². The molecule has 0 fully saturated rings. The van der Waals surface area contributed by atoms with E-state index >= 15 is 0 Å². The van der Waals surface area contributed by atoms with Gasteiger partial charge in [0, 0.05) is 8.96 Å². The van der Waals surface area contributed by atoms with Crippen molar-refractivity contribution in [2.24, 2.45) is 20.0 Å². The Bertz CT molecular complexity index is 1060. The third-order valence-electron chi connectivity index (χ3n) is 4.12. The molecule has 2 aliphatic rings. The Morgan fingerprint density at radius 3 is 1.23 bits per heavy atom. The van der Waals surface area contributed by atoms with Crippen molar-refractivity contribution in [2.45, 2.75) is 25.7 Å². The third kappa shape index (κ3) is 6.03. The van der Waals surface area contributed by atoms with E-state index in [1.54, 1.807) is 49.1 Å². The molecular formula is C20H12Br2N8. The fourth-order valence-corrected chi connectivity index (χ4v) is 3.66. The first-order valence-corrected chi connectivity index (χ1v) is 10.2. The Labute approximate surface area is 190 Å². The van der Waals surface area contributed by atoms with Gasteiger partial charge in [-0.2, -0.15) is 41.0 Å². The van der Waals surface area contributed by atoms with Crippen molar-refractivity contribution in [3.8, 4) is 24.8 Å². The average Bonchev–Trinajstić information content (AvgIpc) is 2.71. The molecule has 0 spiro atoms. The summed E-state index contributed by atoms with van der Waals surface area (Å²) in [7, 11) is 0. The first-order chi connectivity index (χ1) is 14.5. The number of aliphatic imine (C=N–C) groups is 4. The quantitative estimate of drug-likeness (QED) is 0.292. The zero-order chi connectivity index (χ0) is 21.9. The molecule has 0 N–H and O–H groups in total. The number of hydrogen-bond donors (Lipinski definition) is 0. The number of unbranched alkanes of at least 4 members (excludes halogenated alkanes) is 1. The van der Waals surface area contributed by atoms with Crippen LogP contribution in [0.25, 0.3) is 0 Å². The Kier molecular flexibility index (Phi) is 8.78. The van der Waals surface area contributed by atoms with Gasteiger partial charge in [-0.3, -0.25) is 0 Å². The molecule has 0 aromatic rings. The van der Waals surface area contributed by atoms with Gasteiger partial charge in [-0.25, -0.2) is 0 Å². The van der Waals surface area contributed by atoms with E-state index in [1.165, 1.54) is 0 Å². The summed E-state index contributed by atoms with van der Waals surface area (Å²) in [6.07, 6.45) is 16.7. The minimum absolute atomic E-state index is 0.482. The highest BCUT2D eigenvalue weighted by molar-refractivity contribution is 9.12. The molecule has 30 heavy (non-hydrogen) atoms. The predicted octanol–water partition coefficient (Wildman–Crippen LogP) is 4.67. The summed E-state index contributed by atoms with van der Waals surface area (Å²) in [5, 5.41) is 35.5. The van der Waals surface area contributed by atoms with Crippen LogP contribution in [0.5, 0.6) is 0 Å². The first kappa shape index (κ1) is 22.8. The smallest absolute Gasteiger partial charge is 0.173 e. The Morgan fingerprint density at radius 1 is 0.567 bits per heavy atom. The first-order valence-electron chi connectivity index (χ1n) is 8.58. The highest BCUT2D eigenvalue weighted by Crippen LogP contribution is 2.25. The summed E-state index contributed by atoms with van der Waals surface area (Å²) >= 11 is 6.65. The van der Waals surface area contributed by atoms with Crippen LogP contribution < -0.4 is 0 Å². The molecule has 0 saturated carbocycles. The van der Waals surface area contributed by atoms with Crippen LogP contribution >= 0.6 is 31.9 Å². The molecule has 0 amide bonds. The SMILES string of the molecule is N#CN=C1C=C(CCCCC2=CC(=NC#N)C(Br)=CC2=NC#N)C(=NC#N)C=C1Br. The summed E-state index contributed by atoms with van der Waals surface area (Å²) in [6.45, 7) is 0. The van der Waals surface area contributed by atoms with Crippen molar-refractivity contribution >= 4 is 54.7 Å².